The highest BCUT2D eigenvalue weighted by molar-refractivity contribution is 5.92. The molecule has 0 aliphatic carbocycles. The number of hydrogen-bond acceptors (Lipinski definition) is 5. The largest absolute Gasteiger partial charge is 0.399 e. The molecule has 4 heterocycles. The van der Waals surface area contributed by atoms with Gasteiger partial charge < -0.3 is 10.7 Å². The number of nitrogens with one attached hydrogen (secondary N) is 2. The Morgan fingerprint density at radius 2 is 2.06 bits per heavy atom. The van der Waals surface area contributed by atoms with Gasteiger partial charge in [0.25, 0.3) is 0 Å². The highest BCUT2D eigenvalue weighted by Crippen LogP contribution is 2.29. The Morgan fingerprint density at radius 3 is 2.82 bits per heavy atom. The molecule has 4 N–H and O–H groups in total. The Bertz CT molecular complexity index is 1590. The van der Waals surface area contributed by atoms with E-state index in [1.165, 1.54) is 12.1 Å². The number of fused-ring (bicyclic) bond motifs is 1. The van der Waals surface area contributed by atoms with Crippen LogP contribution in [0.4, 0.5) is 10.1 Å². The lowest BCUT2D eigenvalue weighted by atomic mass is 10.1. The van der Waals surface area contributed by atoms with Crippen LogP contribution >= 0.6 is 0 Å². The van der Waals surface area contributed by atoms with Crippen molar-refractivity contribution in [2.45, 2.75) is 6.92 Å². The van der Waals surface area contributed by atoms with Gasteiger partial charge in [-0.3, -0.25) is 10.1 Å². The van der Waals surface area contributed by atoms with Crippen LogP contribution in [0.2, 0.25) is 0 Å². The Morgan fingerprint density at radius 1 is 1.18 bits per heavy atom. The van der Waals surface area contributed by atoms with Gasteiger partial charge in [0.05, 0.1) is 10.9 Å². The van der Waals surface area contributed by atoms with Crippen LogP contribution in [-0.4, -0.2) is 30.1 Å². The average molecular weight is 437 g/mol. The van der Waals surface area contributed by atoms with Crippen molar-refractivity contribution in [3.05, 3.63) is 83.0 Å². The molecule has 1 aromatic carbocycles. The van der Waals surface area contributed by atoms with Crippen molar-refractivity contribution in [1.82, 2.24) is 30.1 Å². The number of H-pyrrole nitrogens is 2. The van der Waals surface area contributed by atoms with Crippen molar-refractivity contribution >= 4 is 35.1 Å². The van der Waals surface area contributed by atoms with Crippen molar-refractivity contribution in [3.63, 3.8) is 0 Å². The molecule has 0 fully saturated rings. The molecule has 0 amide bonds. The molecule has 33 heavy (non-hydrogen) atoms. The highest BCUT2D eigenvalue weighted by Gasteiger charge is 2.15. The molecular formula is C25H20FN7. The van der Waals surface area contributed by atoms with Crippen LogP contribution in [0.25, 0.3) is 52.0 Å². The normalized spacial score (nSPS) is 12.5. The lowest BCUT2D eigenvalue weighted by Gasteiger charge is -2.04. The molecule has 0 aliphatic rings. The Kier molecular flexibility index (Phi) is 5.02. The molecule has 0 aliphatic heterocycles. The van der Waals surface area contributed by atoms with Gasteiger partial charge in [-0.15, -0.1) is 0 Å². The number of nitrogen functional groups attached to an aromatic ring is 1. The first kappa shape index (κ1) is 20.3. The monoisotopic (exact) mass is 437 g/mol. The van der Waals surface area contributed by atoms with Crippen LogP contribution in [0.1, 0.15) is 12.5 Å². The van der Waals surface area contributed by atoms with E-state index in [1.807, 2.05) is 31.2 Å². The fourth-order valence-electron chi connectivity index (χ4n) is 3.78. The minimum atomic E-state index is -0.408. The molecule has 162 valence electrons. The molecule has 0 radical (unpaired) electrons. The van der Waals surface area contributed by atoms with Crippen LogP contribution in [-0.2, 0) is 0 Å². The quantitative estimate of drug-likeness (QED) is 0.373. The van der Waals surface area contributed by atoms with Gasteiger partial charge in [-0.25, -0.2) is 14.4 Å². The van der Waals surface area contributed by atoms with Crippen LogP contribution < -0.4 is 16.3 Å². The summed E-state index contributed by atoms with van der Waals surface area (Å²) in [6.45, 7) is 6.04. The van der Waals surface area contributed by atoms with E-state index in [1.54, 1.807) is 30.7 Å². The van der Waals surface area contributed by atoms with Crippen molar-refractivity contribution in [2.24, 2.45) is 0 Å². The molecule has 0 spiro atoms. The minimum absolute atomic E-state index is 0.342. The highest BCUT2D eigenvalue weighted by atomic mass is 19.1. The fraction of sp³-hybridized carbons (Fsp3) is 0.0400. The number of aromatic nitrogens is 6. The number of rotatable bonds is 4. The van der Waals surface area contributed by atoms with Gasteiger partial charge in [-0.05, 0) is 60.0 Å². The molecule has 4 aromatic heterocycles. The summed E-state index contributed by atoms with van der Waals surface area (Å²) >= 11 is 0. The molecule has 0 bridgehead atoms. The maximum absolute atomic E-state index is 14.0. The smallest absolute Gasteiger partial charge is 0.178 e. The number of benzene rings is 1. The number of aromatic amines is 2. The molecular weight excluding hydrogens is 417 g/mol. The Labute approximate surface area is 188 Å². The second kappa shape index (κ2) is 8.16. The number of hydrogen-bond donors (Lipinski definition) is 3. The van der Waals surface area contributed by atoms with Crippen LogP contribution in [0.3, 0.4) is 0 Å². The summed E-state index contributed by atoms with van der Waals surface area (Å²) in [6, 6.07) is 10.1. The SMILES string of the molecule is C=c1[nH]nc(-c2nc3nccc(-c4cc(N)cc(F)c4)c3[nH]2)/c1=C/C(=C\C)c1cccnc1. The van der Waals surface area contributed by atoms with E-state index >= 15 is 0 Å². The Hall–Kier alpha value is -4.59. The van der Waals surface area contributed by atoms with Crippen molar-refractivity contribution in [2.75, 3.05) is 5.73 Å². The third-order valence-corrected chi connectivity index (χ3v) is 5.34. The van der Waals surface area contributed by atoms with Gasteiger partial charge in [-0.2, -0.15) is 5.10 Å². The second-order valence-corrected chi connectivity index (χ2v) is 7.51. The summed E-state index contributed by atoms with van der Waals surface area (Å²) < 4.78 is 14.0. The first-order chi connectivity index (χ1) is 16.0. The number of nitrogens with two attached hydrogens (primary N) is 1. The second-order valence-electron chi connectivity index (χ2n) is 7.51. The standard InChI is InChI=1S/C25H20FN7/c1-3-15(16-5-4-7-28-13-16)11-21-14(2)32-33-23(21)25-30-22-20(6-8-29-24(22)31-25)17-9-18(26)12-19(27)10-17/h3-13,32H,2,27H2,1H3,(H,29,30,31)/b15-3+,21-11+. The van der Waals surface area contributed by atoms with Gasteiger partial charge in [0.2, 0.25) is 0 Å². The number of allylic oxidation sites excluding steroid dienone is 2. The summed E-state index contributed by atoms with van der Waals surface area (Å²) in [5.41, 5.74) is 11.3. The van der Waals surface area contributed by atoms with E-state index in [-0.39, 0.29) is 0 Å². The van der Waals surface area contributed by atoms with Gasteiger partial charge in [0.1, 0.15) is 11.5 Å². The molecule has 8 heteroatoms. The van der Waals surface area contributed by atoms with Crippen molar-refractivity contribution in [3.8, 4) is 22.6 Å². The van der Waals surface area contributed by atoms with Gasteiger partial charge in [-0.1, -0.05) is 18.7 Å². The zero-order valence-corrected chi connectivity index (χ0v) is 17.8. The van der Waals surface area contributed by atoms with E-state index in [0.717, 1.165) is 21.9 Å². The predicted octanol–water partition coefficient (Wildman–Crippen LogP) is 3.43. The van der Waals surface area contributed by atoms with E-state index in [0.29, 0.717) is 39.3 Å². The first-order valence-electron chi connectivity index (χ1n) is 10.3. The van der Waals surface area contributed by atoms with Crippen LogP contribution in [0.15, 0.2) is 61.1 Å². The summed E-state index contributed by atoms with van der Waals surface area (Å²) in [5, 5.41) is 8.82. The molecule has 0 saturated carbocycles. The first-order valence-corrected chi connectivity index (χ1v) is 10.3. The van der Waals surface area contributed by atoms with Crippen molar-refractivity contribution in [1.29, 1.82) is 0 Å². The van der Waals surface area contributed by atoms with E-state index in [9.17, 15) is 4.39 Å². The third kappa shape index (κ3) is 3.78. The molecule has 5 aromatic rings. The lowest BCUT2D eigenvalue weighted by Crippen LogP contribution is -2.22. The molecule has 7 nitrogen and oxygen atoms in total. The maximum Gasteiger partial charge on any atom is 0.178 e. The maximum atomic E-state index is 14.0. The summed E-state index contributed by atoms with van der Waals surface area (Å²) in [5.74, 6) is 0.114. The van der Waals surface area contributed by atoms with Crippen LogP contribution in [0.5, 0.6) is 0 Å². The topological polar surface area (TPSA) is 109 Å². The molecule has 0 unspecified atom stereocenters. The predicted molar refractivity (Wildman–Crippen MR) is 128 cm³/mol. The van der Waals surface area contributed by atoms with E-state index in [2.05, 4.69) is 36.7 Å². The molecule has 5 rings (SSSR count). The molecule has 0 atom stereocenters. The lowest BCUT2D eigenvalue weighted by molar-refractivity contribution is 0.629. The minimum Gasteiger partial charge on any atom is -0.399 e. The zero-order valence-electron chi connectivity index (χ0n) is 17.8. The van der Waals surface area contributed by atoms with Gasteiger partial charge in [0.15, 0.2) is 11.5 Å². The summed E-state index contributed by atoms with van der Waals surface area (Å²) in [6.07, 6.45) is 9.16. The number of nitrogens with zero attached hydrogens (tertiary/aromatic N) is 4. The summed E-state index contributed by atoms with van der Waals surface area (Å²) in [4.78, 5) is 16.5. The Balaban J connectivity index is 1.67. The number of anilines is 1. The van der Waals surface area contributed by atoms with E-state index in [4.69, 9.17) is 5.73 Å². The van der Waals surface area contributed by atoms with E-state index < -0.39 is 5.82 Å². The third-order valence-electron chi connectivity index (χ3n) is 5.34. The zero-order chi connectivity index (χ0) is 22.9. The number of pyridine rings is 2. The number of imidazole rings is 1. The fourth-order valence-corrected chi connectivity index (χ4v) is 3.78. The van der Waals surface area contributed by atoms with Crippen molar-refractivity contribution < 1.29 is 4.39 Å². The molecule has 0 saturated heterocycles. The van der Waals surface area contributed by atoms with Gasteiger partial charge >= 0.3 is 0 Å². The summed E-state index contributed by atoms with van der Waals surface area (Å²) in [7, 11) is 0. The van der Waals surface area contributed by atoms with Gasteiger partial charge in [0, 0.05) is 35.1 Å². The average Bonchev–Trinajstić information content (AvgIpc) is 3.40. The number of halogens is 1. The van der Waals surface area contributed by atoms with Crippen LogP contribution in [0, 0.1) is 5.82 Å².